The van der Waals surface area contributed by atoms with Crippen LogP contribution >= 0.6 is 11.3 Å². The highest BCUT2D eigenvalue weighted by atomic mass is 32.1. The molecule has 0 saturated carbocycles. The van der Waals surface area contributed by atoms with Crippen molar-refractivity contribution in [3.05, 3.63) is 51.7 Å². The quantitative estimate of drug-likeness (QED) is 0.883. The first-order valence-corrected chi connectivity index (χ1v) is 5.97. The van der Waals surface area contributed by atoms with E-state index >= 15 is 0 Å². The van der Waals surface area contributed by atoms with Crippen LogP contribution in [0.2, 0.25) is 0 Å². The van der Waals surface area contributed by atoms with Gasteiger partial charge in [0, 0.05) is 24.2 Å². The van der Waals surface area contributed by atoms with Crippen molar-refractivity contribution in [3.63, 3.8) is 0 Å². The van der Waals surface area contributed by atoms with E-state index in [9.17, 15) is 4.39 Å². The lowest BCUT2D eigenvalue weighted by molar-refractivity contribution is 0.611. The van der Waals surface area contributed by atoms with E-state index in [4.69, 9.17) is 0 Å². The molecule has 0 fully saturated rings. The van der Waals surface area contributed by atoms with Gasteiger partial charge >= 0.3 is 0 Å². The van der Waals surface area contributed by atoms with Crippen molar-refractivity contribution in [1.29, 1.82) is 0 Å². The summed E-state index contributed by atoms with van der Waals surface area (Å²) < 4.78 is 13.2. The lowest BCUT2D eigenvalue weighted by Gasteiger charge is -2.04. The van der Waals surface area contributed by atoms with Gasteiger partial charge in [-0.2, -0.15) is 0 Å². The molecule has 0 unspecified atom stereocenters. The van der Waals surface area contributed by atoms with Crippen LogP contribution < -0.4 is 5.32 Å². The lowest BCUT2D eigenvalue weighted by atomic mass is 10.1. The van der Waals surface area contributed by atoms with Crippen LogP contribution in [0, 0.1) is 12.7 Å². The van der Waals surface area contributed by atoms with Gasteiger partial charge < -0.3 is 5.32 Å². The molecule has 0 aliphatic rings. The summed E-state index contributed by atoms with van der Waals surface area (Å²) in [7, 11) is 0. The van der Waals surface area contributed by atoms with Crippen LogP contribution in [0.15, 0.2) is 29.9 Å². The van der Waals surface area contributed by atoms with Gasteiger partial charge in [0.1, 0.15) is 5.82 Å². The van der Waals surface area contributed by atoms with Gasteiger partial charge in [-0.1, -0.05) is 12.1 Å². The standard InChI is InChI=1S/C12H13FN2S/c1-9-2-3-10(4-12(9)13)5-14-6-11-7-15-8-16-11/h2-4,7-8,14H,5-6H2,1H3. The Morgan fingerprint density at radius 3 is 2.94 bits per heavy atom. The number of halogens is 1. The second kappa shape index (κ2) is 5.18. The maximum Gasteiger partial charge on any atom is 0.126 e. The average Bonchev–Trinajstić information content (AvgIpc) is 2.76. The minimum Gasteiger partial charge on any atom is -0.308 e. The Morgan fingerprint density at radius 1 is 1.38 bits per heavy atom. The molecule has 2 rings (SSSR count). The van der Waals surface area contributed by atoms with Crippen LogP contribution in [0.1, 0.15) is 16.0 Å². The Hall–Kier alpha value is -1.26. The lowest BCUT2D eigenvalue weighted by Crippen LogP contribution is -2.11. The first kappa shape index (κ1) is 11.2. The van der Waals surface area contributed by atoms with Crippen molar-refractivity contribution >= 4 is 11.3 Å². The maximum absolute atomic E-state index is 13.2. The van der Waals surface area contributed by atoms with E-state index in [-0.39, 0.29) is 5.82 Å². The van der Waals surface area contributed by atoms with E-state index < -0.39 is 0 Å². The number of thiazole rings is 1. The molecule has 0 amide bonds. The van der Waals surface area contributed by atoms with E-state index in [1.54, 1.807) is 30.4 Å². The predicted molar refractivity (Wildman–Crippen MR) is 63.8 cm³/mol. The Labute approximate surface area is 98.2 Å². The summed E-state index contributed by atoms with van der Waals surface area (Å²) in [6, 6.07) is 5.33. The molecular formula is C12H13FN2S. The zero-order valence-electron chi connectivity index (χ0n) is 9.03. The monoisotopic (exact) mass is 236 g/mol. The van der Waals surface area contributed by atoms with Gasteiger partial charge in [-0.05, 0) is 24.1 Å². The predicted octanol–water partition coefficient (Wildman–Crippen LogP) is 2.88. The van der Waals surface area contributed by atoms with Gasteiger partial charge in [-0.3, -0.25) is 4.98 Å². The van der Waals surface area contributed by atoms with Gasteiger partial charge in [0.15, 0.2) is 0 Å². The number of benzene rings is 1. The third-order valence-electron chi connectivity index (χ3n) is 2.35. The fourth-order valence-electron chi connectivity index (χ4n) is 1.41. The summed E-state index contributed by atoms with van der Waals surface area (Å²) in [5.74, 6) is -0.142. The van der Waals surface area contributed by atoms with Gasteiger partial charge in [-0.15, -0.1) is 11.3 Å². The smallest absolute Gasteiger partial charge is 0.126 e. The highest BCUT2D eigenvalue weighted by molar-refractivity contribution is 7.09. The number of rotatable bonds is 4. The molecule has 4 heteroatoms. The van der Waals surface area contributed by atoms with E-state index in [0.717, 1.165) is 12.1 Å². The Kier molecular flexibility index (Phi) is 3.64. The largest absolute Gasteiger partial charge is 0.308 e. The maximum atomic E-state index is 13.2. The third kappa shape index (κ3) is 2.87. The average molecular weight is 236 g/mol. The molecule has 84 valence electrons. The number of nitrogens with zero attached hydrogens (tertiary/aromatic N) is 1. The Morgan fingerprint density at radius 2 is 2.25 bits per heavy atom. The molecule has 2 nitrogen and oxygen atoms in total. The van der Waals surface area contributed by atoms with Crippen LogP contribution in [0.25, 0.3) is 0 Å². The molecule has 0 aliphatic heterocycles. The van der Waals surface area contributed by atoms with E-state index in [1.807, 2.05) is 17.8 Å². The highest BCUT2D eigenvalue weighted by Crippen LogP contribution is 2.09. The normalized spacial score (nSPS) is 10.6. The Bertz CT molecular complexity index is 454. The van der Waals surface area contributed by atoms with E-state index in [2.05, 4.69) is 10.3 Å². The van der Waals surface area contributed by atoms with Crippen LogP contribution in [0.4, 0.5) is 4.39 Å². The molecule has 2 aromatic rings. The summed E-state index contributed by atoms with van der Waals surface area (Å²) in [6.07, 6.45) is 1.84. The van der Waals surface area contributed by atoms with Crippen molar-refractivity contribution in [3.8, 4) is 0 Å². The second-order valence-corrected chi connectivity index (χ2v) is 4.63. The number of nitrogens with one attached hydrogen (secondary N) is 1. The van der Waals surface area contributed by atoms with Gasteiger partial charge in [0.25, 0.3) is 0 Å². The molecule has 1 heterocycles. The molecule has 0 bridgehead atoms. The molecule has 0 radical (unpaired) electrons. The van der Waals surface area contributed by atoms with Crippen molar-refractivity contribution in [2.75, 3.05) is 0 Å². The number of hydrogen-bond acceptors (Lipinski definition) is 3. The third-order valence-corrected chi connectivity index (χ3v) is 3.13. The van der Waals surface area contributed by atoms with Crippen molar-refractivity contribution in [2.45, 2.75) is 20.0 Å². The van der Waals surface area contributed by atoms with Crippen molar-refractivity contribution < 1.29 is 4.39 Å². The van der Waals surface area contributed by atoms with Crippen LogP contribution in [0.5, 0.6) is 0 Å². The molecule has 1 N–H and O–H groups in total. The minimum absolute atomic E-state index is 0.142. The van der Waals surface area contributed by atoms with Crippen LogP contribution in [-0.2, 0) is 13.1 Å². The minimum atomic E-state index is -0.142. The van der Waals surface area contributed by atoms with Crippen molar-refractivity contribution in [2.24, 2.45) is 0 Å². The summed E-state index contributed by atoms with van der Waals surface area (Å²) in [4.78, 5) is 5.18. The second-order valence-electron chi connectivity index (χ2n) is 3.65. The van der Waals surface area contributed by atoms with E-state index in [0.29, 0.717) is 12.1 Å². The van der Waals surface area contributed by atoms with Gasteiger partial charge in [0.2, 0.25) is 0 Å². The SMILES string of the molecule is Cc1ccc(CNCc2cncs2)cc1F. The summed E-state index contributed by atoms with van der Waals surface area (Å²) in [5, 5.41) is 3.25. The summed E-state index contributed by atoms with van der Waals surface area (Å²) >= 11 is 1.62. The summed E-state index contributed by atoms with van der Waals surface area (Å²) in [6.45, 7) is 3.22. The fraction of sp³-hybridized carbons (Fsp3) is 0.250. The number of hydrogen-bond donors (Lipinski definition) is 1. The highest BCUT2D eigenvalue weighted by Gasteiger charge is 1.99. The molecule has 0 saturated heterocycles. The van der Waals surface area contributed by atoms with Gasteiger partial charge in [0.05, 0.1) is 5.51 Å². The molecule has 0 atom stereocenters. The zero-order valence-corrected chi connectivity index (χ0v) is 9.85. The first-order valence-electron chi connectivity index (χ1n) is 5.09. The molecule has 0 spiro atoms. The van der Waals surface area contributed by atoms with Crippen LogP contribution in [0.3, 0.4) is 0 Å². The zero-order chi connectivity index (χ0) is 11.4. The Balaban J connectivity index is 1.87. The van der Waals surface area contributed by atoms with Crippen LogP contribution in [-0.4, -0.2) is 4.98 Å². The fourth-order valence-corrected chi connectivity index (χ4v) is 1.97. The number of aromatic nitrogens is 1. The molecule has 16 heavy (non-hydrogen) atoms. The van der Waals surface area contributed by atoms with Crippen molar-refractivity contribution in [1.82, 2.24) is 10.3 Å². The van der Waals surface area contributed by atoms with E-state index in [1.165, 1.54) is 4.88 Å². The molecular weight excluding hydrogens is 223 g/mol. The number of aryl methyl sites for hydroxylation is 1. The summed E-state index contributed by atoms with van der Waals surface area (Å²) in [5.41, 5.74) is 3.46. The molecule has 0 aliphatic carbocycles. The first-order chi connectivity index (χ1) is 7.75. The topological polar surface area (TPSA) is 24.9 Å². The molecule has 1 aromatic heterocycles. The molecule has 1 aromatic carbocycles. The van der Waals surface area contributed by atoms with Gasteiger partial charge in [-0.25, -0.2) is 4.39 Å².